The summed E-state index contributed by atoms with van der Waals surface area (Å²) in [6, 6.07) is 13.6. The van der Waals surface area contributed by atoms with Crippen molar-refractivity contribution in [2.75, 3.05) is 19.7 Å². The summed E-state index contributed by atoms with van der Waals surface area (Å²) in [5, 5.41) is 0. The highest BCUT2D eigenvalue weighted by Gasteiger charge is 2.39. The van der Waals surface area contributed by atoms with Gasteiger partial charge in [0.25, 0.3) is 11.8 Å². The summed E-state index contributed by atoms with van der Waals surface area (Å²) < 4.78 is 32.5. The van der Waals surface area contributed by atoms with E-state index in [1.54, 1.807) is 42.5 Å². The number of nitrogens with zero attached hydrogens (tertiary/aromatic N) is 2. The topological polar surface area (TPSA) is 101 Å². The van der Waals surface area contributed by atoms with E-state index in [-0.39, 0.29) is 24.6 Å². The predicted molar refractivity (Wildman–Crippen MR) is 111 cm³/mol. The lowest BCUT2D eigenvalue weighted by atomic mass is 10.1. The third kappa shape index (κ3) is 3.98. The Morgan fingerprint density at radius 3 is 2.19 bits per heavy atom. The standard InChI is InChI=1S/C22H22N2O6S/c25-20-17-10-4-5-11-18(17)21(26)23(20)14-15-30-22(27)19-12-6-7-13-24(19)31(28,29)16-8-2-1-3-9-16/h1-5,8-11,19H,6-7,12-15H2/t19-/m0/s1. The van der Waals surface area contributed by atoms with Crippen molar-refractivity contribution < 1.29 is 27.5 Å². The van der Waals surface area contributed by atoms with Crippen LogP contribution in [-0.2, 0) is 19.6 Å². The molecule has 0 spiro atoms. The average molecular weight is 442 g/mol. The molecule has 0 radical (unpaired) electrons. The van der Waals surface area contributed by atoms with Crippen molar-refractivity contribution in [2.24, 2.45) is 0 Å². The van der Waals surface area contributed by atoms with Crippen LogP contribution < -0.4 is 0 Å². The number of carbonyl (C=O) groups is 3. The largest absolute Gasteiger partial charge is 0.463 e. The molecule has 0 aromatic heterocycles. The maximum Gasteiger partial charge on any atom is 0.324 e. The van der Waals surface area contributed by atoms with Crippen molar-refractivity contribution in [3.63, 3.8) is 0 Å². The Bertz CT molecular complexity index is 1080. The van der Waals surface area contributed by atoms with Crippen LogP contribution in [-0.4, -0.2) is 61.1 Å². The third-order valence-corrected chi connectivity index (χ3v) is 7.44. The fraction of sp³-hybridized carbons (Fsp3) is 0.318. The van der Waals surface area contributed by atoms with Gasteiger partial charge >= 0.3 is 5.97 Å². The zero-order valence-corrected chi connectivity index (χ0v) is 17.6. The van der Waals surface area contributed by atoms with Gasteiger partial charge in [-0.15, -0.1) is 0 Å². The number of hydrogen-bond donors (Lipinski definition) is 0. The molecule has 0 bridgehead atoms. The van der Waals surface area contributed by atoms with E-state index in [4.69, 9.17) is 4.74 Å². The molecule has 162 valence electrons. The molecule has 0 N–H and O–H groups in total. The van der Waals surface area contributed by atoms with Crippen molar-refractivity contribution in [3.8, 4) is 0 Å². The molecule has 2 aromatic carbocycles. The number of sulfonamides is 1. The molecule has 31 heavy (non-hydrogen) atoms. The first-order valence-corrected chi connectivity index (χ1v) is 11.5. The molecule has 0 aliphatic carbocycles. The van der Waals surface area contributed by atoms with Gasteiger partial charge in [0, 0.05) is 6.54 Å². The van der Waals surface area contributed by atoms with E-state index in [1.165, 1.54) is 16.4 Å². The molecule has 2 amide bonds. The van der Waals surface area contributed by atoms with Gasteiger partial charge in [-0.05, 0) is 43.5 Å². The Balaban J connectivity index is 1.41. The van der Waals surface area contributed by atoms with Crippen LogP contribution in [0.2, 0.25) is 0 Å². The van der Waals surface area contributed by atoms with Crippen molar-refractivity contribution in [3.05, 3.63) is 65.7 Å². The van der Waals surface area contributed by atoms with Crippen LogP contribution in [0.3, 0.4) is 0 Å². The highest BCUT2D eigenvalue weighted by molar-refractivity contribution is 7.89. The quantitative estimate of drug-likeness (QED) is 0.501. The number of fused-ring (bicyclic) bond motifs is 1. The number of benzene rings is 2. The van der Waals surface area contributed by atoms with Gasteiger partial charge in [0.1, 0.15) is 12.6 Å². The van der Waals surface area contributed by atoms with Gasteiger partial charge in [0.2, 0.25) is 10.0 Å². The van der Waals surface area contributed by atoms with Crippen LogP contribution in [0.15, 0.2) is 59.5 Å². The molecule has 2 heterocycles. The third-order valence-electron chi connectivity index (χ3n) is 5.51. The number of rotatable bonds is 6. The van der Waals surface area contributed by atoms with Crippen LogP contribution in [0, 0.1) is 0 Å². The van der Waals surface area contributed by atoms with E-state index >= 15 is 0 Å². The Labute approximate surface area is 180 Å². The van der Waals surface area contributed by atoms with Crippen molar-refractivity contribution in [2.45, 2.75) is 30.2 Å². The normalized spacial score (nSPS) is 19.4. The van der Waals surface area contributed by atoms with Crippen LogP contribution >= 0.6 is 0 Å². The lowest BCUT2D eigenvalue weighted by Crippen LogP contribution is -2.48. The second-order valence-corrected chi connectivity index (χ2v) is 9.31. The van der Waals surface area contributed by atoms with E-state index in [2.05, 4.69) is 0 Å². The average Bonchev–Trinajstić information content (AvgIpc) is 3.04. The van der Waals surface area contributed by atoms with E-state index in [0.29, 0.717) is 30.4 Å². The van der Waals surface area contributed by atoms with E-state index in [0.717, 1.165) is 4.90 Å². The first-order valence-electron chi connectivity index (χ1n) is 10.1. The number of carbonyl (C=O) groups excluding carboxylic acids is 3. The van der Waals surface area contributed by atoms with Crippen molar-refractivity contribution >= 4 is 27.8 Å². The Morgan fingerprint density at radius 2 is 1.55 bits per heavy atom. The molecule has 2 aliphatic heterocycles. The highest BCUT2D eigenvalue weighted by Crippen LogP contribution is 2.26. The summed E-state index contributed by atoms with van der Waals surface area (Å²) in [5.74, 6) is -1.53. The molecule has 1 fully saturated rings. The Kier molecular flexibility index (Phi) is 5.88. The fourth-order valence-electron chi connectivity index (χ4n) is 3.93. The van der Waals surface area contributed by atoms with E-state index in [9.17, 15) is 22.8 Å². The number of piperidine rings is 1. The number of imide groups is 1. The summed E-state index contributed by atoms with van der Waals surface area (Å²) >= 11 is 0. The van der Waals surface area contributed by atoms with Gasteiger partial charge in [0.05, 0.1) is 22.6 Å². The maximum absolute atomic E-state index is 13.0. The molecule has 2 aromatic rings. The second kappa shape index (κ2) is 8.60. The first kappa shape index (κ1) is 21.2. The van der Waals surface area contributed by atoms with Gasteiger partial charge in [0.15, 0.2) is 0 Å². The zero-order valence-electron chi connectivity index (χ0n) is 16.8. The first-order chi connectivity index (χ1) is 14.9. The summed E-state index contributed by atoms with van der Waals surface area (Å²) in [6.45, 7) is -0.0499. The number of hydrogen-bond acceptors (Lipinski definition) is 6. The minimum Gasteiger partial charge on any atom is -0.463 e. The molecule has 8 nitrogen and oxygen atoms in total. The lowest BCUT2D eigenvalue weighted by Gasteiger charge is -2.33. The molecule has 1 atom stereocenters. The van der Waals surface area contributed by atoms with Crippen LogP contribution in [0.1, 0.15) is 40.0 Å². The zero-order chi connectivity index (χ0) is 22.0. The van der Waals surface area contributed by atoms with Crippen LogP contribution in [0.5, 0.6) is 0 Å². The molecular formula is C22H22N2O6S. The highest BCUT2D eigenvalue weighted by atomic mass is 32.2. The molecular weight excluding hydrogens is 420 g/mol. The van der Waals surface area contributed by atoms with E-state index in [1.807, 2.05) is 0 Å². The molecule has 1 saturated heterocycles. The minimum atomic E-state index is -3.84. The molecule has 9 heteroatoms. The van der Waals surface area contributed by atoms with Crippen molar-refractivity contribution in [1.82, 2.24) is 9.21 Å². The van der Waals surface area contributed by atoms with Gasteiger partial charge in [-0.1, -0.05) is 30.3 Å². The maximum atomic E-state index is 13.0. The summed E-state index contributed by atoms with van der Waals surface area (Å²) in [7, 11) is -3.84. The summed E-state index contributed by atoms with van der Waals surface area (Å²) in [6.07, 6.45) is 1.72. The SMILES string of the molecule is O=C(OCCN1C(=O)c2ccccc2C1=O)[C@@H]1CCCCN1S(=O)(=O)c1ccccc1. The monoisotopic (exact) mass is 442 g/mol. The molecule has 4 rings (SSSR count). The van der Waals surface area contributed by atoms with Gasteiger partial charge in [-0.25, -0.2) is 8.42 Å². The summed E-state index contributed by atoms with van der Waals surface area (Å²) in [4.78, 5) is 38.7. The Hall–Kier alpha value is -3.04. The second-order valence-electron chi connectivity index (χ2n) is 7.42. The van der Waals surface area contributed by atoms with Gasteiger partial charge in [-0.3, -0.25) is 19.3 Å². The van der Waals surface area contributed by atoms with Gasteiger partial charge in [-0.2, -0.15) is 4.31 Å². The van der Waals surface area contributed by atoms with Crippen LogP contribution in [0.25, 0.3) is 0 Å². The number of amides is 2. The number of ether oxygens (including phenoxy) is 1. The van der Waals surface area contributed by atoms with E-state index < -0.39 is 33.8 Å². The lowest BCUT2D eigenvalue weighted by molar-refractivity contribution is -0.149. The summed E-state index contributed by atoms with van der Waals surface area (Å²) in [5.41, 5.74) is 0.650. The molecule has 2 aliphatic rings. The fourth-order valence-corrected chi connectivity index (χ4v) is 5.60. The minimum absolute atomic E-state index is 0.0871. The van der Waals surface area contributed by atoms with Crippen molar-refractivity contribution in [1.29, 1.82) is 0 Å². The smallest absolute Gasteiger partial charge is 0.324 e. The predicted octanol–water partition coefficient (Wildman–Crippen LogP) is 2.07. The van der Waals surface area contributed by atoms with Crippen LogP contribution in [0.4, 0.5) is 0 Å². The van der Waals surface area contributed by atoms with Gasteiger partial charge < -0.3 is 4.74 Å². The molecule has 0 saturated carbocycles. The number of esters is 1. The Morgan fingerprint density at radius 1 is 0.935 bits per heavy atom. The molecule has 0 unspecified atom stereocenters.